The Labute approximate surface area is 114 Å². The molecule has 6 heteroatoms. The molecule has 0 saturated carbocycles. The van der Waals surface area contributed by atoms with Gasteiger partial charge in [-0.2, -0.15) is 0 Å². The summed E-state index contributed by atoms with van der Waals surface area (Å²) in [4.78, 5) is 25.4. The fourth-order valence-corrected chi connectivity index (χ4v) is 2.14. The van der Waals surface area contributed by atoms with E-state index in [1.807, 2.05) is 6.92 Å². The van der Waals surface area contributed by atoms with Crippen molar-refractivity contribution in [2.24, 2.45) is 5.73 Å². The average Bonchev–Trinajstić information content (AvgIpc) is 2.39. The number of hydrogen-bond acceptors (Lipinski definition) is 4. The molecule has 3 N–H and O–H groups in total. The fourth-order valence-electron chi connectivity index (χ4n) is 2.14. The summed E-state index contributed by atoms with van der Waals surface area (Å²) in [6.45, 7) is 5.04. The van der Waals surface area contributed by atoms with E-state index in [0.717, 1.165) is 12.8 Å². The monoisotopic (exact) mass is 271 g/mol. The van der Waals surface area contributed by atoms with E-state index in [4.69, 9.17) is 10.5 Å². The summed E-state index contributed by atoms with van der Waals surface area (Å²) in [7, 11) is 1.49. The second-order valence-electron chi connectivity index (χ2n) is 5.34. The second-order valence-corrected chi connectivity index (χ2v) is 5.34. The van der Waals surface area contributed by atoms with E-state index in [-0.39, 0.29) is 24.5 Å². The number of carbonyl (C=O) groups excluding carboxylic acids is 2. The first-order valence-electron chi connectivity index (χ1n) is 6.77. The van der Waals surface area contributed by atoms with Gasteiger partial charge in [-0.1, -0.05) is 6.92 Å². The molecule has 0 aromatic rings. The van der Waals surface area contributed by atoms with Crippen molar-refractivity contribution in [1.82, 2.24) is 10.2 Å². The van der Waals surface area contributed by atoms with Crippen LogP contribution in [0.25, 0.3) is 0 Å². The van der Waals surface area contributed by atoms with Gasteiger partial charge in [0, 0.05) is 26.2 Å². The summed E-state index contributed by atoms with van der Waals surface area (Å²) in [5.41, 5.74) is 5.18. The van der Waals surface area contributed by atoms with Crippen molar-refractivity contribution in [2.75, 3.05) is 26.8 Å². The molecule has 1 aliphatic rings. The van der Waals surface area contributed by atoms with Crippen LogP contribution in [0, 0.1) is 0 Å². The molecule has 0 aliphatic carbocycles. The minimum absolute atomic E-state index is 0.00309. The molecule has 1 unspecified atom stereocenters. The molecule has 110 valence electrons. The number of ether oxygens (including phenoxy) is 1. The Bertz CT molecular complexity index is 323. The fraction of sp³-hybridized carbons (Fsp3) is 0.846. The number of nitrogens with two attached hydrogens (primary N) is 1. The third kappa shape index (κ3) is 4.47. The van der Waals surface area contributed by atoms with Gasteiger partial charge >= 0.3 is 0 Å². The molecule has 1 heterocycles. The van der Waals surface area contributed by atoms with Crippen LogP contribution < -0.4 is 11.1 Å². The van der Waals surface area contributed by atoms with E-state index in [1.165, 1.54) is 7.11 Å². The Morgan fingerprint density at radius 3 is 2.47 bits per heavy atom. The Morgan fingerprint density at radius 2 is 2.00 bits per heavy atom. The van der Waals surface area contributed by atoms with Gasteiger partial charge in [0.25, 0.3) is 0 Å². The first kappa shape index (κ1) is 15.9. The topological polar surface area (TPSA) is 84.7 Å². The molecule has 1 aliphatic heterocycles. The van der Waals surface area contributed by atoms with E-state index in [0.29, 0.717) is 19.5 Å². The van der Waals surface area contributed by atoms with Crippen molar-refractivity contribution in [2.45, 2.75) is 44.7 Å². The van der Waals surface area contributed by atoms with Crippen molar-refractivity contribution in [1.29, 1.82) is 0 Å². The maximum Gasteiger partial charge on any atom is 0.246 e. The Morgan fingerprint density at radius 1 is 1.42 bits per heavy atom. The molecule has 1 atom stereocenters. The highest BCUT2D eigenvalue weighted by atomic mass is 16.5. The Balaban J connectivity index is 2.41. The quantitative estimate of drug-likeness (QED) is 0.729. The summed E-state index contributed by atoms with van der Waals surface area (Å²) in [5, 5.41) is 2.90. The molecule has 0 aromatic carbocycles. The number of rotatable bonds is 5. The lowest BCUT2D eigenvalue weighted by molar-refractivity contribution is -0.137. The number of hydrogen-bond donors (Lipinski definition) is 2. The van der Waals surface area contributed by atoms with Crippen LogP contribution in [0.4, 0.5) is 0 Å². The molecular formula is C13H25N3O3. The lowest BCUT2D eigenvalue weighted by atomic mass is 9.96. The number of likely N-dealkylation sites (tertiary alicyclic amines) is 1. The molecule has 0 radical (unpaired) electrons. The Kier molecular flexibility index (Phi) is 5.75. The molecule has 2 amide bonds. The second kappa shape index (κ2) is 6.86. The van der Waals surface area contributed by atoms with Crippen molar-refractivity contribution in [3.8, 4) is 0 Å². The summed E-state index contributed by atoms with van der Waals surface area (Å²) in [5.74, 6) is -0.110. The van der Waals surface area contributed by atoms with Crippen LogP contribution >= 0.6 is 0 Å². The van der Waals surface area contributed by atoms with Crippen LogP contribution in [0.15, 0.2) is 0 Å². The minimum atomic E-state index is -0.786. The number of nitrogens with one attached hydrogen (secondary N) is 1. The number of piperidine rings is 1. The molecule has 1 saturated heterocycles. The van der Waals surface area contributed by atoms with E-state index in [1.54, 1.807) is 11.8 Å². The summed E-state index contributed by atoms with van der Waals surface area (Å²) < 4.78 is 4.77. The average molecular weight is 271 g/mol. The van der Waals surface area contributed by atoms with Crippen LogP contribution in [-0.4, -0.2) is 55.1 Å². The molecule has 1 rings (SSSR count). The van der Waals surface area contributed by atoms with Gasteiger partial charge in [-0.25, -0.2) is 0 Å². The van der Waals surface area contributed by atoms with E-state index in [9.17, 15) is 9.59 Å². The third-order valence-electron chi connectivity index (χ3n) is 3.65. The maximum absolute atomic E-state index is 12.2. The van der Waals surface area contributed by atoms with Crippen molar-refractivity contribution < 1.29 is 14.3 Å². The number of methoxy groups -OCH3 is 1. The molecular weight excluding hydrogens is 246 g/mol. The molecule has 19 heavy (non-hydrogen) atoms. The number of amides is 2. The summed E-state index contributed by atoms with van der Waals surface area (Å²) >= 11 is 0. The smallest absolute Gasteiger partial charge is 0.246 e. The Hall–Kier alpha value is -1.14. The molecule has 0 spiro atoms. The van der Waals surface area contributed by atoms with Gasteiger partial charge in [0.1, 0.15) is 6.61 Å². The van der Waals surface area contributed by atoms with Crippen LogP contribution in [0.1, 0.15) is 33.1 Å². The maximum atomic E-state index is 12.2. The van der Waals surface area contributed by atoms with Crippen LogP contribution in [0.3, 0.4) is 0 Å². The first-order valence-corrected chi connectivity index (χ1v) is 6.77. The van der Waals surface area contributed by atoms with Crippen LogP contribution in [0.5, 0.6) is 0 Å². The highest BCUT2D eigenvalue weighted by Gasteiger charge is 2.33. The van der Waals surface area contributed by atoms with E-state index in [2.05, 4.69) is 5.32 Å². The normalized spacial score (nSPS) is 19.9. The zero-order chi connectivity index (χ0) is 14.5. The molecule has 6 nitrogen and oxygen atoms in total. The standard InChI is InChI=1S/C13H25N3O3/c1-4-13(2,14)12(18)16-7-5-10(6-8-16)15-11(17)9-19-3/h10H,4-9,14H2,1-3H3,(H,15,17). The number of nitrogens with zero attached hydrogens (tertiary/aromatic N) is 1. The van der Waals surface area contributed by atoms with E-state index >= 15 is 0 Å². The number of carbonyl (C=O) groups is 2. The first-order chi connectivity index (χ1) is 8.90. The predicted molar refractivity (Wildman–Crippen MR) is 72.5 cm³/mol. The van der Waals surface area contributed by atoms with Crippen molar-refractivity contribution in [3.63, 3.8) is 0 Å². The highest BCUT2D eigenvalue weighted by Crippen LogP contribution is 2.16. The van der Waals surface area contributed by atoms with E-state index < -0.39 is 5.54 Å². The zero-order valence-corrected chi connectivity index (χ0v) is 12.1. The lowest BCUT2D eigenvalue weighted by Crippen LogP contribution is -2.56. The zero-order valence-electron chi connectivity index (χ0n) is 12.1. The van der Waals surface area contributed by atoms with Crippen LogP contribution in [0.2, 0.25) is 0 Å². The van der Waals surface area contributed by atoms with Gasteiger partial charge in [-0.05, 0) is 26.2 Å². The van der Waals surface area contributed by atoms with Gasteiger partial charge < -0.3 is 20.7 Å². The third-order valence-corrected chi connectivity index (χ3v) is 3.65. The molecule has 1 fully saturated rings. The SMILES string of the molecule is CCC(C)(N)C(=O)N1CCC(NC(=O)COC)CC1. The van der Waals surface area contributed by atoms with Gasteiger partial charge in [0.05, 0.1) is 5.54 Å². The largest absolute Gasteiger partial charge is 0.375 e. The highest BCUT2D eigenvalue weighted by molar-refractivity contribution is 5.85. The molecule has 0 aromatic heterocycles. The summed E-state index contributed by atoms with van der Waals surface area (Å²) in [6.07, 6.45) is 2.15. The van der Waals surface area contributed by atoms with Gasteiger partial charge in [0.15, 0.2) is 0 Å². The van der Waals surface area contributed by atoms with Crippen molar-refractivity contribution >= 4 is 11.8 Å². The lowest BCUT2D eigenvalue weighted by Gasteiger charge is -2.36. The van der Waals surface area contributed by atoms with Gasteiger partial charge in [-0.3, -0.25) is 9.59 Å². The van der Waals surface area contributed by atoms with Gasteiger partial charge in [-0.15, -0.1) is 0 Å². The van der Waals surface area contributed by atoms with Crippen molar-refractivity contribution in [3.05, 3.63) is 0 Å². The summed E-state index contributed by atoms with van der Waals surface area (Å²) in [6, 6.07) is 0.123. The predicted octanol–water partition coefficient (Wildman–Crippen LogP) is -0.133. The molecule has 0 bridgehead atoms. The minimum Gasteiger partial charge on any atom is -0.375 e. The van der Waals surface area contributed by atoms with Crippen LogP contribution in [-0.2, 0) is 14.3 Å². The van der Waals surface area contributed by atoms with Gasteiger partial charge in [0.2, 0.25) is 11.8 Å².